The SMILES string of the molecule is CC(C)c1ccc(C(O)c2cccc(F)c2F)cc1. The van der Waals surface area contributed by atoms with Crippen molar-refractivity contribution >= 4 is 0 Å². The second kappa shape index (κ2) is 5.49. The third-order valence-electron chi connectivity index (χ3n) is 3.19. The number of aliphatic hydroxyl groups excluding tert-OH is 1. The predicted molar refractivity (Wildman–Crippen MR) is 71.0 cm³/mol. The lowest BCUT2D eigenvalue weighted by molar-refractivity contribution is 0.213. The molecule has 0 aliphatic rings. The number of halogens is 2. The molecule has 0 spiro atoms. The lowest BCUT2D eigenvalue weighted by Crippen LogP contribution is -2.04. The Balaban J connectivity index is 2.33. The Bertz CT molecular complexity index is 561. The third-order valence-corrected chi connectivity index (χ3v) is 3.19. The zero-order valence-electron chi connectivity index (χ0n) is 10.9. The lowest BCUT2D eigenvalue weighted by Gasteiger charge is -2.14. The monoisotopic (exact) mass is 262 g/mol. The van der Waals surface area contributed by atoms with Crippen LogP contribution in [0.3, 0.4) is 0 Å². The maximum absolute atomic E-state index is 13.6. The minimum atomic E-state index is -1.16. The predicted octanol–water partition coefficient (Wildman–Crippen LogP) is 4.17. The molecular formula is C16H16F2O. The van der Waals surface area contributed by atoms with Gasteiger partial charge in [-0.2, -0.15) is 0 Å². The molecule has 2 aromatic carbocycles. The average Bonchev–Trinajstić information content (AvgIpc) is 2.41. The molecule has 0 aliphatic heterocycles. The number of hydrogen-bond acceptors (Lipinski definition) is 1. The van der Waals surface area contributed by atoms with Gasteiger partial charge in [-0.05, 0) is 23.1 Å². The number of hydrogen-bond donors (Lipinski definition) is 1. The summed E-state index contributed by atoms with van der Waals surface area (Å²) in [5, 5.41) is 10.1. The van der Waals surface area contributed by atoms with Crippen LogP contribution in [0.25, 0.3) is 0 Å². The standard InChI is InChI=1S/C16H16F2O/c1-10(2)11-6-8-12(9-7-11)16(19)13-4-3-5-14(17)15(13)18/h3-10,16,19H,1-2H3. The van der Waals surface area contributed by atoms with Gasteiger partial charge in [-0.3, -0.25) is 0 Å². The molecule has 0 aromatic heterocycles. The summed E-state index contributed by atoms with van der Waals surface area (Å²) in [7, 11) is 0. The van der Waals surface area contributed by atoms with E-state index >= 15 is 0 Å². The molecule has 19 heavy (non-hydrogen) atoms. The third kappa shape index (κ3) is 2.82. The van der Waals surface area contributed by atoms with Crippen molar-refractivity contribution in [2.24, 2.45) is 0 Å². The van der Waals surface area contributed by atoms with Crippen LogP contribution in [0.4, 0.5) is 8.78 Å². The van der Waals surface area contributed by atoms with Crippen LogP contribution in [0.15, 0.2) is 42.5 Å². The van der Waals surface area contributed by atoms with Gasteiger partial charge in [-0.15, -0.1) is 0 Å². The lowest BCUT2D eigenvalue weighted by atomic mass is 9.97. The quantitative estimate of drug-likeness (QED) is 0.880. The summed E-state index contributed by atoms with van der Waals surface area (Å²) in [5.41, 5.74) is 1.64. The van der Waals surface area contributed by atoms with Crippen LogP contribution in [0.2, 0.25) is 0 Å². The van der Waals surface area contributed by atoms with E-state index in [2.05, 4.69) is 13.8 Å². The van der Waals surface area contributed by atoms with Crippen molar-refractivity contribution in [1.82, 2.24) is 0 Å². The van der Waals surface area contributed by atoms with Crippen LogP contribution in [-0.4, -0.2) is 5.11 Å². The Morgan fingerprint density at radius 3 is 2.05 bits per heavy atom. The molecule has 2 rings (SSSR count). The molecule has 0 fully saturated rings. The topological polar surface area (TPSA) is 20.2 Å². The van der Waals surface area contributed by atoms with E-state index in [1.807, 2.05) is 12.1 Å². The maximum Gasteiger partial charge on any atom is 0.164 e. The summed E-state index contributed by atoms with van der Waals surface area (Å²) >= 11 is 0. The molecule has 3 heteroatoms. The highest BCUT2D eigenvalue weighted by molar-refractivity contribution is 5.33. The van der Waals surface area contributed by atoms with E-state index in [1.165, 1.54) is 12.1 Å². The Kier molecular flexibility index (Phi) is 3.96. The van der Waals surface area contributed by atoms with Crippen LogP contribution < -0.4 is 0 Å². The summed E-state index contributed by atoms with van der Waals surface area (Å²) in [6.07, 6.45) is -1.16. The Morgan fingerprint density at radius 1 is 0.895 bits per heavy atom. The van der Waals surface area contributed by atoms with Crippen LogP contribution in [-0.2, 0) is 0 Å². The first-order valence-electron chi connectivity index (χ1n) is 6.22. The summed E-state index contributed by atoms with van der Waals surface area (Å²) in [5.74, 6) is -1.56. The highest BCUT2D eigenvalue weighted by atomic mass is 19.2. The van der Waals surface area contributed by atoms with Crippen molar-refractivity contribution < 1.29 is 13.9 Å². The van der Waals surface area contributed by atoms with Crippen molar-refractivity contribution in [3.05, 3.63) is 70.8 Å². The zero-order chi connectivity index (χ0) is 14.0. The number of benzene rings is 2. The number of rotatable bonds is 3. The van der Waals surface area contributed by atoms with E-state index in [4.69, 9.17) is 0 Å². The maximum atomic E-state index is 13.6. The average molecular weight is 262 g/mol. The molecule has 1 N–H and O–H groups in total. The minimum Gasteiger partial charge on any atom is -0.384 e. The smallest absolute Gasteiger partial charge is 0.164 e. The largest absolute Gasteiger partial charge is 0.384 e. The first-order chi connectivity index (χ1) is 9.00. The molecule has 0 aliphatic carbocycles. The zero-order valence-corrected chi connectivity index (χ0v) is 10.9. The Morgan fingerprint density at radius 2 is 1.47 bits per heavy atom. The van der Waals surface area contributed by atoms with Crippen molar-refractivity contribution in [3.63, 3.8) is 0 Å². The van der Waals surface area contributed by atoms with Gasteiger partial charge in [0, 0.05) is 5.56 Å². The van der Waals surface area contributed by atoms with Gasteiger partial charge in [-0.1, -0.05) is 50.2 Å². The molecule has 100 valence electrons. The molecule has 0 saturated heterocycles. The van der Waals surface area contributed by atoms with Gasteiger partial charge in [0.25, 0.3) is 0 Å². The van der Waals surface area contributed by atoms with E-state index in [9.17, 15) is 13.9 Å². The molecular weight excluding hydrogens is 246 g/mol. The van der Waals surface area contributed by atoms with E-state index in [0.717, 1.165) is 11.6 Å². The Labute approximate surface area is 111 Å². The van der Waals surface area contributed by atoms with Crippen molar-refractivity contribution in [2.45, 2.75) is 25.9 Å². The fourth-order valence-corrected chi connectivity index (χ4v) is 1.97. The second-order valence-electron chi connectivity index (χ2n) is 4.87. The van der Waals surface area contributed by atoms with Gasteiger partial charge in [0.1, 0.15) is 6.10 Å². The summed E-state index contributed by atoms with van der Waals surface area (Å²) < 4.78 is 26.7. The number of aliphatic hydroxyl groups is 1. The van der Waals surface area contributed by atoms with Crippen LogP contribution >= 0.6 is 0 Å². The van der Waals surface area contributed by atoms with E-state index in [1.54, 1.807) is 12.1 Å². The van der Waals surface area contributed by atoms with E-state index < -0.39 is 17.7 Å². The van der Waals surface area contributed by atoms with Gasteiger partial charge in [-0.25, -0.2) is 8.78 Å². The van der Waals surface area contributed by atoms with Gasteiger partial charge in [0.15, 0.2) is 11.6 Å². The van der Waals surface area contributed by atoms with Crippen molar-refractivity contribution in [2.75, 3.05) is 0 Å². The molecule has 0 bridgehead atoms. The van der Waals surface area contributed by atoms with E-state index in [0.29, 0.717) is 11.5 Å². The molecule has 1 atom stereocenters. The van der Waals surface area contributed by atoms with Gasteiger partial charge in [0.05, 0.1) is 0 Å². The molecule has 0 heterocycles. The normalized spacial score (nSPS) is 12.7. The minimum absolute atomic E-state index is 0.0442. The van der Waals surface area contributed by atoms with Gasteiger partial charge in [0.2, 0.25) is 0 Å². The highest BCUT2D eigenvalue weighted by Crippen LogP contribution is 2.26. The summed E-state index contributed by atoms with van der Waals surface area (Å²) in [6, 6.07) is 11.1. The summed E-state index contributed by atoms with van der Waals surface area (Å²) in [4.78, 5) is 0. The fraction of sp³-hybridized carbons (Fsp3) is 0.250. The molecule has 1 unspecified atom stereocenters. The fourth-order valence-electron chi connectivity index (χ4n) is 1.97. The van der Waals surface area contributed by atoms with Crippen LogP contribution in [0, 0.1) is 11.6 Å². The van der Waals surface area contributed by atoms with Gasteiger partial charge < -0.3 is 5.11 Å². The molecule has 0 saturated carbocycles. The first kappa shape index (κ1) is 13.7. The van der Waals surface area contributed by atoms with Crippen molar-refractivity contribution in [3.8, 4) is 0 Å². The molecule has 1 nitrogen and oxygen atoms in total. The van der Waals surface area contributed by atoms with Crippen molar-refractivity contribution in [1.29, 1.82) is 0 Å². The Hall–Kier alpha value is -1.74. The van der Waals surface area contributed by atoms with Crippen LogP contribution in [0.5, 0.6) is 0 Å². The van der Waals surface area contributed by atoms with Crippen LogP contribution in [0.1, 0.15) is 42.6 Å². The molecule has 2 aromatic rings. The molecule has 0 amide bonds. The molecule has 0 radical (unpaired) electrons. The van der Waals surface area contributed by atoms with E-state index in [-0.39, 0.29) is 5.56 Å². The summed E-state index contributed by atoms with van der Waals surface area (Å²) in [6.45, 7) is 4.13. The highest BCUT2D eigenvalue weighted by Gasteiger charge is 2.17. The second-order valence-corrected chi connectivity index (χ2v) is 4.87. The van der Waals surface area contributed by atoms with Gasteiger partial charge >= 0.3 is 0 Å². The first-order valence-corrected chi connectivity index (χ1v) is 6.22.